The Morgan fingerprint density at radius 2 is 2.05 bits per heavy atom. The lowest BCUT2D eigenvalue weighted by Gasteiger charge is -2.19. The van der Waals surface area contributed by atoms with E-state index in [-0.39, 0.29) is 18.9 Å². The van der Waals surface area contributed by atoms with E-state index in [0.29, 0.717) is 0 Å². The van der Waals surface area contributed by atoms with Gasteiger partial charge in [-0.05, 0) is 32.9 Å². The summed E-state index contributed by atoms with van der Waals surface area (Å²) in [5.74, 6) is -2.26. The first-order valence-corrected chi connectivity index (χ1v) is 6.22. The number of hydrogen-bond acceptors (Lipinski definition) is 4. The van der Waals surface area contributed by atoms with Crippen molar-refractivity contribution in [3.05, 3.63) is 29.3 Å². The summed E-state index contributed by atoms with van der Waals surface area (Å²) in [7, 11) is 0. The number of amides is 1. The van der Waals surface area contributed by atoms with Crippen LogP contribution < -0.4 is 10.1 Å². The highest BCUT2D eigenvalue weighted by molar-refractivity contribution is 5.67. The van der Waals surface area contributed by atoms with E-state index < -0.39 is 28.9 Å². The maximum Gasteiger partial charge on any atom is 0.407 e. The molecule has 0 heterocycles. The molecule has 114 valence electrons. The number of nitrogens with one attached hydrogen (secondary N) is 1. The molecule has 0 saturated heterocycles. The zero-order valence-corrected chi connectivity index (χ0v) is 12.0. The van der Waals surface area contributed by atoms with Gasteiger partial charge in [0.15, 0.2) is 11.6 Å². The summed E-state index contributed by atoms with van der Waals surface area (Å²) in [5, 5.41) is 11.0. The van der Waals surface area contributed by atoms with Crippen molar-refractivity contribution < 1.29 is 23.0 Å². The van der Waals surface area contributed by atoms with Crippen LogP contribution in [0.25, 0.3) is 0 Å². The molecule has 1 N–H and O–H groups in total. The van der Waals surface area contributed by atoms with Crippen LogP contribution in [0.2, 0.25) is 0 Å². The normalized spacial score (nSPS) is 10.7. The molecule has 0 fully saturated rings. The molecule has 21 heavy (non-hydrogen) atoms. The SMILES string of the molecule is CC(C)(C)OC(=O)NCCOc1ccc(F)c(C#N)c1F. The second-order valence-electron chi connectivity index (χ2n) is 5.12. The smallest absolute Gasteiger partial charge is 0.407 e. The van der Waals surface area contributed by atoms with Crippen molar-refractivity contribution in [1.82, 2.24) is 5.32 Å². The van der Waals surface area contributed by atoms with Gasteiger partial charge in [0.25, 0.3) is 0 Å². The highest BCUT2D eigenvalue weighted by atomic mass is 19.1. The Morgan fingerprint density at radius 3 is 2.62 bits per heavy atom. The molecule has 0 bridgehead atoms. The van der Waals surface area contributed by atoms with Crippen molar-refractivity contribution >= 4 is 6.09 Å². The van der Waals surface area contributed by atoms with Gasteiger partial charge in [-0.15, -0.1) is 0 Å². The quantitative estimate of drug-likeness (QED) is 0.868. The van der Waals surface area contributed by atoms with Gasteiger partial charge in [0.1, 0.15) is 29.7 Å². The van der Waals surface area contributed by atoms with Crippen molar-refractivity contribution in [3.63, 3.8) is 0 Å². The van der Waals surface area contributed by atoms with Crippen LogP contribution in [0.4, 0.5) is 13.6 Å². The summed E-state index contributed by atoms with van der Waals surface area (Å²) in [5.41, 5.74) is -1.32. The van der Waals surface area contributed by atoms with Crippen LogP contribution in [0.1, 0.15) is 26.3 Å². The van der Waals surface area contributed by atoms with E-state index in [4.69, 9.17) is 14.7 Å². The fourth-order valence-electron chi connectivity index (χ4n) is 1.38. The first kappa shape index (κ1) is 16.7. The molecule has 1 rings (SSSR count). The number of carbonyl (C=O) groups excluding carboxylic acids is 1. The summed E-state index contributed by atoms with van der Waals surface area (Å²) in [6.07, 6.45) is -0.622. The van der Waals surface area contributed by atoms with Crippen LogP contribution in [0, 0.1) is 23.0 Å². The van der Waals surface area contributed by atoms with Crippen LogP contribution in [0.3, 0.4) is 0 Å². The lowest BCUT2D eigenvalue weighted by atomic mass is 10.2. The van der Waals surface area contributed by atoms with Crippen molar-refractivity contribution in [3.8, 4) is 11.8 Å². The molecule has 0 aliphatic carbocycles. The minimum atomic E-state index is -1.06. The van der Waals surface area contributed by atoms with Crippen molar-refractivity contribution in [2.24, 2.45) is 0 Å². The van der Waals surface area contributed by atoms with Gasteiger partial charge in [0.2, 0.25) is 0 Å². The largest absolute Gasteiger partial charge is 0.489 e. The molecule has 0 spiro atoms. The van der Waals surface area contributed by atoms with E-state index in [0.717, 1.165) is 12.1 Å². The highest BCUT2D eigenvalue weighted by Gasteiger charge is 2.16. The summed E-state index contributed by atoms with van der Waals surface area (Å²) >= 11 is 0. The average molecular weight is 298 g/mol. The van der Waals surface area contributed by atoms with Gasteiger partial charge < -0.3 is 14.8 Å². The monoisotopic (exact) mass is 298 g/mol. The minimum absolute atomic E-state index is 0.0489. The Labute approximate surface area is 121 Å². The Morgan fingerprint density at radius 1 is 1.38 bits per heavy atom. The second kappa shape index (κ2) is 6.88. The number of nitriles is 1. The van der Waals surface area contributed by atoms with E-state index in [1.54, 1.807) is 20.8 Å². The third-order valence-corrected chi connectivity index (χ3v) is 2.20. The molecule has 5 nitrogen and oxygen atoms in total. The van der Waals surface area contributed by atoms with Crippen LogP contribution >= 0.6 is 0 Å². The number of halogens is 2. The minimum Gasteiger partial charge on any atom is -0.489 e. The number of rotatable bonds is 4. The van der Waals surface area contributed by atoms with Gasteiger partial charge in [-0.3, -0.25) is 0 Å². The number of carbonyl (C=O) groups is 1. The standard InChI is InChI=1S/C14H16F2N2O3/c1-14(2,3)21-13(19)18-6-7-20-11-5-4-10(15)9(8-17)12(11)16/h4-5H,6-7H2,1-3H3,(H,18,19). The van der Waals surface area contributed by atoms with Gasteiger partial charge in [-0.2, -0.15) is 5.26 Å². The molecule has 0 radical (unpaired) electrons. The molecule has 1 amide bonds. The van der Waals surface area contributed by atoms with Gasteiger partial charge >= 0.3 is 6.09 Å². The van der Waals surface area contributed by atoms with Crippen LogP contribution in [0.15, 0.2) is 12.1 Å². The van der Waals surface area contributed by atoms with E-state index in [9.17, 15) is 13.6 Å². The summed E-state index contributed by atoms with van der Waals surface area (Å²) in [6, 6.07) is 3.44. The maximum absolute atomic E-state index is 13.6. The highest BCUT2D eigenvalue weighted by Crippen LogP contribution is 2.22. The predicted octanol–water partition coefficient (Wildman–Crippen LogP) is 2.74. The molecule has 1 aromatic carbocycles. The Kier molecular flexibility index (Phi) is 5.47. The van der Waals surface area contributed by atoms with Crippen LogP contribution in [0.5, 0.6) is 5.75 Å². The van der Waals surface area contributed by atoms with Crippen molar-refractivity contribution in [2.45, 2.75) is 26.4 Å². The van der Waals surface area contributed by atoms with Gasteiger partial charge in [-0.25, -0.2) is 13.6 Å². The van der Waals surface area contributed by atoms with Gasteiger partial charge in [0, 0.05) is 0 Å². The molecule has 0 aliphatic heterocycles. The third kappa shape index (κ3) is 5.26. The first-order valence-electron chi connectivity index (χ1n) is 6.22. The fourth-order valence-corrected chi connectivity index (χ4v) is 1.38. The van der Waals surface area contributed by atoms with E-state index >= 15 is 0 Å². The number of hydrogen-bond donors (Lipinski definition) is 1. The molecule has 0 saturated carbocycles. The molecule has 0 aromatic heterocycles. The zero-order chi connectivity index (χ0) is 16.0. The molecule has 7 heteroatoms. The second-order valence-corrected chi connectivity index (χ2v) is 5.12. The Bertz CT molecular complexity index is 563. The van der Waals surface area contributed by atoms with E-state index in [1.807, 2.05) is 0 Å². The predicted molar refractivity (Wildman–Crippen MR) is 70.8 cm³/mol. The maximum atomic E-state index is 13.6. The zero-order valence-electron chi connectivity index (χ0n) is 12.0. The van der Waals surface area contributed by atoms with Crippen LogP contribution in [-0.2, 0) is 4.74 Å². The first-order chi connectivity index (χ1) is 9.74. The van der Waals surface area contributed by atoms with E-state index in [1.165, 1.54) is 6.07 Å². The molecular weight excluding hydrogens is 282 g/mol. The molecule has 0 aliphatic rings. The molecule has 1 aromatic rings. The van der Waals surface area contributed by atoms with Crippen molar-refractivity contribution in [2.75, 3.05) is 13.2 Å². The lowest BCUT2D eigenvalue weighted by Crippen LogP contribution is -2.34. The summed E-state index contributed by atoms with van der Waals surface area (Å²) in [6.45, 7) is 5.20. The summed E-state index contributed by atoms with van der Waals surface area (Å²) < 4.78 is 36.8. The number of alkyl carbamates (subject to hydrolysis) is 1. The number of ether oxygens (including phenoxy) is 2. The molecular formula is C14H16F2N2O3. The average Bonchev–Trinajstić information content (AvgIpc) is 2.35. The molecule has 0 atom stereocenters. The van der Waals surface area contributed by atoms with Gasteiger partial charge in [-0.1, -0.05) is 0 Å². The number of nitrogens with zero attached hydrogens (tertiary/aromatic N) is 1. The van der Waals surface area contributed by atoms with Crippen LogP contribution in [-0.4, -0.2) is 24.8 Å². The summed E-state index contributed by atoms with van der Waals surface area (Å²) in [4.78, 5) is 11.3. The van der Waals surface area contributed by atoms with Gasteiger partial charge in [0.05, 0.1) is 6.54 Å². The fraction of sp³-hybridized carbons (Fsp3) is 0.429. The Hall–Kier alpha value is -2.36. The Balaban J connectivity index is 2.48. The lowest BCUT2D eigenvalue weighted by molar-refractivity contribution is 0.0520. The topological polar surface area (TPSA) is 71.3 Å². The third-order valence-electron chi connectivity index (χ3n) is 2.20. The molecule has 0 unspecified atom stereocenters. The van der Waals surface area contributed by atoms with E-state index in [2.05, 4.69) is 5.32 Å². The van der Waals surface area contributed by atoms with Crippen molar-refractivity contribution in [1.29, 1.82) is 5.26 Å². The number of benzene rings is 1.